The Morgan fingerprint density at radius 1 is 1.35 bits per heavy atom. The molecule has 2 atom stereocenters. The van der Waals surface area contributed by atoms with E-state index in [4.69, 9.17) is 11.6 Å². The number of halogens is 2. The summed E-state index contributed by atoms with van der Waals surface area (Å²) in [4.78, 5) is 8.00. The van der Waals surface area contributed by atoms with Crippen molar-refractivity contribution >= 4 is 24.0 Å². The van der Waals surface area contributed by atoms with E-state index in [1.54, 1.807) is 6.20 Å². The molecule has 3 rings (SSSR count). The Bertz CT molecular complexity index is 403. The third-order valence-corrected chi connectivity index (χ3v) is 3.89. The Hall–Kier alpha value is -0.420. The van der Waals surface area contributed by atoms with Gasteiger partial charge in [-0.25, -0.2) is 9.97 Å². The smallest absolute Gasteiger partial charge is 0.115 e. The summed E-state index contributed by atoms with van der Waals surface area (Å²) in [7, 11) is 0. The number of fused-ring (bicyclic) bond motifs is 2. The number of aromatic nitrogens is 2. The van der Waals surface area contributed by atoms with Gasteiger partial charge >= 0.3 is 0 Å². The average Bonchev–Trinajstić information content (AvgIpc) is 2.59. The molecular weight excluding hydrogens is 261 g/mol. The summed E-state index contributed by atoms with van der Waals surface area (Å²) < 4.78 is 0. The lowest BCUT2D eigenvalue weighted by atomic mass is 9.84. The van der Waals surface area contributed by atoms with Gasteiger partial charge in [0.2, 0.25) is 0 Å². The van der Waals surface area contributed by atoms with Gasteiger partial charge in [-0.2, -0.15) is 0 Å². The van der Waals surface area contributed by atoms with Gasteiger partial charge in [0.25, 0.3) is 0 Å². The maximum absolute atomic E-state index is 10.7. The highest BCUT2D eigenvalue weighted by Crippen LogP contribution is 2.41. The van der Waals surface area contributed by atoms with Crippen LogP contribution in [-0.4, -0.2) is 27.2 Å². The molecule has 0 spiro atoms. The van der Waals surface area contributed by atoms with E-state index >= 15 is 0 Å². The predicted octanol–water partition coefficient (Wildman–Crippen LogP) is 1.65. The van der Waals surface area contributed by atoms with E-state index in [2.05, 4.69) is 15.3 Å². The van der Waals surface area contributed by atoms with Crippen LogP contribution < -0.4 is 5.32 Å². The van der Waals surface area contributed by atoms with E-state index in [0.717, 1.165) is 12.8 Å². The highest BCUT2D eigenvalue weighted by Gasteiger charge is 2.45. The predicted molar refractivity (Wildman–Crippen MR) is 67.4 cm³/mol. The van der Waals surface area contributed by atoms with Gasteiger partial charge in [-0.3, -0.25) is 0 Å². The largest absolute Gasteiger partial charge is 0.383 e. The van der Waals surface area contributed by atoms with Crippen molar-refractivity contribution < 1.29 is 5.11 Å². The molecule has 2 N–H and O–H groups in total. The minimum absolute atomic E-state index is 0. The number of hydrogen-bond acceptors (Lipinski definition) is 4. The normalized spacial score (nSPS) is 35.4. The lowest BCUT2D eigenvalue weighted by Gasteiger charge is -2.36. The van der Waals surface area contributed by atoms with Gasteiger partial charge in [0, 0.05) is 18.3 Å². The highest BCUT2D eigenvalue weighted by atomic mass is 35.5. The van der Waals surface area contributed by atoms with E-state index in [1.165, 1.54) is 6.33 Å². The molecule has 6 heteroatoms. The van der Waals surface area contributed by atoms with Gasteiger partial charge in [0.15, 0.2) is 0 Å². The van der Waals surface area contributed by atoms with Crippen molar-refractivity contribution in [1.29, 1.82) is 0 Å². The maximum Gasteiger partial charge on any atom is 0.115 e. The van der Waals surface area contributed by atoms with Crippen LogP contribution in [0, 0.1) is 0 Å². The van der Waals surface area contributed by atoms with Crippen molar-refractivity contribution in [3.63, 3.8) is 0 Å². The lowest BCUT2D eigenvalue weighted by molar-refractivity contribution is -0.0153. The first-order chi connectivity index (χ1) is 7.67. The number of aliphatic hydroxyl groups is 1. The van der Waals surface area contributed by atoms with E-state index in [-0.39, 0.29) is 12.4 Å². The summed E-state index contributed by atoms with van der Waals surface area (Å²) in [5.74, 6) is 0. The number of nitrogens with one attached hydrogen (secondary N) is 1. The van der Waals surface area contributed by atoms with Crippen molar-refractivity contribution in [2.24, 2.45) is 0 Å². The Kier molecular flexibility index (Phi) is 3.59. The van der Waals surface area contributed by atoms with Crippen LogP contribution in [0.3, 0.4) is 0 Å². The molecule has 0 aliphatic carbocycles. The summed E-state index contributed by atoms with van der Waals surface area (Å²) in [5.41, 5.74) is -0.292. The van der Waals surface area contributed by atoms with Crippen LogP contribution in [0.5, 0.6) is 0 Å². The molecule has 3 heterocycles. The number of rotatable bonds is 1. The molecule has 1 aromatic heterocycles. The first-order valence-electron chi connectivity index (χ1n) is 5.62. The molecule has 2 aliphatic rings. The maximum atomic E-state index is 10.7. The van der Waals surface area contributed by atoms with Gasteiger partial charge in [0.05, 0.1) is 10.7 Å². The van der Waals surface area contributed by atoms with Crippen LogP contribution in [0.1, 0.15) is 31.4 Å². The van der Waals surface area contributed by atoms with Crippen LogP contribution >= 0.6 is 24.0 Å². The molecule has 2 unspecified atom stereocenters. The average molecular weight is 276 g/mol. The molecule has 2 aliphatic heterocycles. The molecule has 2 bridgehead atoms. The van der Waals surface area contributed by atoms with Crippen molar-refractivity contribution in [2.75, 3.05) is 0 Å². The van der Waals surface area contributed by atoms with Crippen molar-refractivity contribution in [3.8, 4) is 0 Å². The fourth-order valence-corrected chi connectivity index (χ4v) is 3.25. The summed E-state index contributed by atoms with van der Waals surface area (Å²) in [6.07, 6.45) is 6.65. The van der Waals surface area contributed by atoms with Crippen molar-refractivity contribution in [1.82, 2.24) is 15.3 Å². The second-order valence-electron chi connectivity index (χ2n) is 4.80. The van der Waals surface area contributed by atoms with Gasteiger partial charge < -0.3 is 10.4 Å². The number of piperidine rings is 1. The highest BCUT2D eigenvalue weighted by molar-refractivity contribution is 6.31. The Balaban J connectivity index is 0.00000108. The van der Waals surface area contributed by atoms with E-state index in [9.17, 15) is 5.11 Å². The molecule has 0 aromatic carbocycles. The van der Waals surface area contributed by atoms with Gasteiger partial charge in [-0.1, -0.05) is 11.6 Å². The zero-order valence-electron chi connectivity index (χ0n) is 9.27. The van der Waals surface area contributed by atoms with E-state index in [0.29, 0.717) is 35.6 Å². The first kappa shape index (κ1) is 13.0. The monoisotopic (exact) mass is 275 g/mol. The van der Waals surface area contributed by atoms with Crippen molar-refractivity contribution in [2.45, 2.75) is 43.4 Å². The molecular formula is C11H15Cl2N3O. The summed E-state index contributed by atoms with van der Waals surface area (Å²) in [6, 6.07) is 0.796. The molecule has 0 radical (unpaired) electrons. The third kappa shape index (κ3) is 2.27. The van der Waals surface area contributed by atoms with Gasteiger partial charge in [-0.15, -0.1) is 12.4 Å². The minimum Gasteiger partial charge on any atom is -0.383 e. The first-order valence-corrected chi connectivity index (χ1v) is 5.99. The molecule has 17 heavy (non-hydrogen) atoms. The fourth-order valence-electron chi connectivity index (χ4n) is 2.97. The lowest BCUT2D eigenvalue weighted by Crippen LogP contribution is -2.47. The molecule has 1 aromatic rings. The Labute approximate surface area is 111 Å². The second kappa shape index (κ2) is 4.69. The van der Waals surface area contributed by atoms with Gasteiger partial charge in [0.1, 0.15) is 11.9 Å². The minimum atomic E-state index is -0.878. The number of nitrogens with zero attached hydrogens (tertiary/aromatic N) is 2. The zero-order chi connectivity index (χ0) is 11.2. The summed E-state index contributed by atoms with van der Waals surface area (Å²) in [6.45, 7) is 0. The molecule has 2 fully saturated rings. The topological polar surface area (TPSA) is 58.0 Å². The molecule has 0 saturated carbocycles. The quantitative estimate of drug-likeness (QED) is 0.819. The van der Waals surface area contributed by atoms with Crippen LogP contribution in [-0.2, 0) is 5.60 Å². The summed E-state index contributed by atoms with van der Waals surface area (Å²) >= 11 is 6.06. The van der Waals surface area contributed by atoms with Crippen LogP contribution in [0.25, 0.3) is 0 Å². The van der Waals surface area contributed by atoms with Crippen LogP contribution in [0.2, 0.25) is 5.02 Å². The van der Waals surface area contributed by atoms with E-state index in [1.807, 2.05) is 0 Å². The zero-order valence-corrected chi connectivity index (χ0v) is 10.8. The van der Waals surface area contributed by atoms with E-state index < -0.39 is 5.60 Å². The van der Waals surface area contributed by atoms with Crippen molar-refractivity contribution in [3.05, 3.63) is 23.2 Å². The molecule has 94 valence electrons. The molecule has 4 nitrogen and oxygen atoms in total. The second-order valence-corrected chi connectivity index (χ2v) is 5.20. The summed E-state index contributed by atoms with van der Waals surface area (Å²) in [5, 5.41) is 14.6. The van der Waals surface area contributed by atoms with Crippen LogP contribution in [0.15, 0.2) is 12.5 Å². The third-order valence-electron chi connectivity index (χ3n) is 3.61. The number of hydrogen-bond donors (Lipinski definition) is 2. The van der Waals surface area contributed by atoms with Crippen LogP contribution in [0.4, 0.5) is 0 Å². The molecule has 0 amide bonds. The Morgan fingerprint density at radius 3 is 2.59 bits per heavy atom. The fraction of sp³-hybridized carbons (Fsp3) is 0.636. The van der Waals surface area contributed by atoms with Gasteiger partial charge in [-0.05, 0) is 25.7 Å². The Morgan fingerprint density at radius 2 is 2.00 bits per heavy atom. The SMILES string of the molecule is Cl.OC1(c2ncncc2Cl)CC2CCC(C1)N2. The standard InChI is InChI=1S/C11H14ClN3O.ClH/c12-9-5-13-6-14-10(9)11(16)3-7-1-2-8(4-11)15-7;/h5-8,15-16H,1-4H2;1H. The molecule has 2 saturated heterocycles.